The molecule has 0 N–H and O–H groups in total. The average molecular weight is 124 g/mol. The molecule has 0 aliphatic carbocycles. The molecular formula is C7H12N2. The van der Waals surface area contributed by atoms with Gasteiger partial charge >= 0.3 is 0 Å². The van der Waals surface area contributed by atoms with E-state index in [4.69, 9.17) is 0 Å². The van der Waals surface area contributed by atoms with Gasteiger partial charge in [0.1, 0.15) is 0 Å². The molecule has 0 aromatic rings. The first-order valence-electron chi connectivity index (χ1n) is 2.89. The van der Waals surface area contributed by atoms with E-state index in [2.05, 4.69) is 10.2 Å². The summed E-state index contributed by atoms with van der Waals surface area (Å²) in [5.74, 6) is 0. The van der Waals surface area contributed by atoms with Crippen LogP contribution in [0.5, 0.6) is 0 Å². The Morgan fingerprint density at radius 3 is 2.56 bits per heavy atom. The van der Waals surface area contributed by atoms with Crippen LogP contribution in [0.25, 0.3) is 0 Å². The Morgan fingerprint density at radius 2 is 2.11 bits per heavy atom. The Labute approximate surface area is 56.0 Å². The van der Waals surface area contributed by atoms with Crippen LogP contribution in [0.1, 0.15) is 13.8 Å². The van der Waals surface area contributed by atoms with Crippen LogP contribution in [0.2, 0.25) is 0 Å². The van der Waals surface area contributed by atoms with Crippen molar-refractivity contribution in [2.45, 2.75) is 13.8 Å². The van der Waals surface area contributed by atoms with Crippen LogP contribution in [-0.4, -0.2) is 7.05 Å². The summed E-state index contributed by atoms with van der Waals surface area (Å²) in [6.07, 6.45) is 5.60. The van der Waals surface area contributed by atoms with E-state index in [9.17, 15) is 0 Å². The Hall–Kier alpha value is -0.920. The van der Waals surface area contributed by atoms with Crippen LogP contribution < -0.4 is 0 Å². The fourth-order valence-corrected chi connectivity index (χ4v) is 0.314. The van der Waals surface area contributed by atoms with Gasteiger partial charge in [-0.25, -0.2) is 0 Å². The molecule has 0 aliphatic rings. The minimum Gasteiger partial charge on any atom is -0.193 e. The molecule has 9 heavy (non-hydrogen) atoms. The molecule has 0 heterocycles. The molecule has 0 aromatic carbocycles. The summed E-state index contributed by atoms with van der Waals surface area (Å²) in [6.45, 7) is 4.00. The quantitative estimate of drug-likeness (QED) is 0.399. The largest absolute Gasteiger partial charge is 0.193 e. The standard InChI is InChI=1S/C7H12N2/c1-4-7(2)5-6-9-8-3/h4-6H,1-3H3/b6-5-,7-4-,9-8-. The van der Waals surface area contributed by atoms with Crippen molar-refractivity contribution in [3.05, 3.63) is 23.9 Å². The predicted octanol–water partition coefficient (Wildman–Crippen LogP) is 2.55. The number of allylic oxidation sites excluding steroid dienone is 3. The lowest BCUT2D eigenvalue weighted by molar-refractivity contribution is 1.16. The van der Waals surface area contributed by atoms with Gasteiger partial charge in [0.2, 0.25) is 0 Å². The molecule has 0 aromatic heterocycles. The maximum absolute atomic E-state index is 3.66. The Balaban J connectivity index is 3.71. The van der Waals surface area contributed by atoms with Gasteiger partial charge in [-0.3, -0.25) is 0 Å². The molecule has 0 saturated carbocycles. The van der Waals surface area contributed by atoms with Crippen molar-refractivity contribution in [1.29, 1.82) is 0 Å². The molecular weight excluding hydrogens is 112 g/mol. The molecule has 0 spiro atoms. The zero-order chi connectivity index (χ0) is 7.11. The smallest absolute Gasteiger partial charge is 0.0493 e. The van der Waals surface area contributed by atoms with E-state index in [1.165, 1.54) is 5.57 Å². The van der Waals surface area contributed by atoms with Crippen molar-refractivity contribution in [3.63, 3.8) is 0 Å². The van der Waals surface area contributed by atoms with E-state index in [0.717, 1.165) is 0 Å². The highest BCUT2D eigenvalue weighted by atomic mass is 15.1. The second kappa shape index (κ2) is 5.22. The van der Waals surface area contributed by atoms with Gasteiger partial charge in [-0.2, -0.15) is 10.2 Å². The fourth-order valence-electron chi connectivity index (χ4n) is 0.314. The summed E-state index contributed by atoms with van der Waals surface area (Å²) in [4.78, 5) is 0. The first kappa shape index (κ1) is 8.08. The lowest BCUT2D eigenvalue weighted by atomic mass is 10.3. The van der Waals surface area contributed by atoms with E-state index >= 15 is 0 Å². The monoisotopic (exact) mass is 124 g/mol. The fraction of sp³-hybridized carbons (Fsp3) is 0.429. The molecule has 0 bridgehead atoms. The zero-order valence-corrected chi connectivity index (χ0v) is 6.13. The van der Waals surface area contributed by atoms with Gasteiger partial charge < -0.3 is 0 Å². The lowest BCUT2D eigenvalue weighted by Crippen LogP contribution is -1.61. The van der Waals surface area contributed by atoms with Gasteiger partial charge in [-0.15, -0.1) is 0 Å². The molecule has 0 saturated heterocycles. The summed E-state index contributed by atoms with van der Waals surface area (Å²) in [5.41, 5.74) is 1.20. The van der Waals surface area contributed by atoms with Crippen molar-refractivity contribution >= 4 is 0 Å². The third kappa shape index (κ3) is 4.94. The summed E-state index contributed by atoms with van der Waals surface area (Å²) < 4.78 is 0. The molecule has 50 valence electrons. The second-order valence-corrected chi connectivity index (χ2v) is 1.66. The first-order chi connectivity index (χ1) is 4.31. The minimum absolute atomic E-state index is 1.20. The average Bonchev–Trinajstić information content (AvgIpc) is 1.89. The molecule has 0 unspecified atom stereocenters. The van der Waals surface area contributed by atoms with Gasteiger partial charge in [0.15, 0.2) is 0 Å². The van der Waals surface area contributed by atoms with Gasteiger partial charge in [0.05, 0.1) is 0 Å². The number of hydrogen-bond acceptors (Lipinski definition) is 2. The van der Waals surface area contributed by atoms with Crippen LogP contribution in [-0.2, 0) is 0 Å². The van der Waals surface area contributed by atoms with Crippen molar-refractivity contribution < 1.29 is 0 Å². The molecule has 0 fully saturated rings. The molecule has 0 radical (unpaired) electrons. The maximum atomic E-state index is 3.66. The van der Waals surface area contributed by atoms with Crippen LogP contribution in [0.3, 0.4) is 0 Å². The van der Waals surface area contributed by atoms with Crippen LogP contribution in [0.4, 0.5) is 0 Å². The summed E-state index contributed by atoms with van der Waals surface area (Å²) >= 11 is 0. The van der Waals surface area contributed by atoms with Gasteiger partial charge in [-0.05, 0) is 19.9 Å². The first-order valence-corrected chi connectivity index (χ1v) is 2.89. The van der Waals surface area contributed by atoms with Crippen LogP contribution in [0, 0.1) is 0 Å². The van der Waals surface area contributed by atoms with Gasteiger partial charge in [-0.1, -0.05) is 11.6 Å². The molecule has 2 heteroatoms. The number of nitrogens with zero attached hydrogens (tertiary/aromatic N) is 2. The Bertz CT molecular complexity index is 143. The maximum Gasteiger partial charge on any atom is 0.0493 e. The minimum atomic E-state index is 1.20. The van der Waals surface area contributed by atoms with E-state index in [1.807, 2.05) is 26.0 Å². The van der Waals surface area contributed by atoms with E-state index in [1.54, 1.807) is 13.2 Å². The highest BCUT2D eigenvalue weighted by Gasteiger charge is 1.72. The highest BCUT2D eigenvalue weighted by molar-refractivity contribution is 5.13. The van der Waals surface area contributed by atoms with Gasteiger partial charge in [0.25, 0.3) is 0 Å². The summed E-state index contributed by atoms with van der Waals surface area (Å²) in [7, 11) is 1.65. The predicted molar refractivity (Wildman–Crippen MR) is 39.4 cm³/mol. The normalized spacial score (nSPS) is 13.9. The lowest BCUT2D eigenvalue weighted by Gasteiger charge is -1.82. The topological polar surface area (TPSA) is 24.7 Å². The van der Waals surface area contributed by atoms with Gasteiger partial charge in [0, 0.05) is 13.2 Å². The third-order valence-corrected chi connectivity index (χ3v) is 0.975. The Morgan fingerprint density at radius 1 is 1.44 bits per heavy atom. The number of rotatable bonds is 2. The molecule has 0 aliphatic heterocycles. The van der Waals surface area contributed by atoms with Crippen molar-refractivity contribution in [2.75, 3.05) is 7.05 Å². The second-order valence-electron chi connectivity index (χ2n) is 1.66. The Kier molecular flexibility index (Phi) is 4.69. The summed E-state index contributed by atoms with van der Waals surface area (Å²) in [6, 6.07) is 0. The van der Waals surface area contributed by atoms with E-state index in [0.29, 0.717) is 0 Å². The van der Waals surface area contributed by atoms with E-state index in [-0.39, 0.29) is 0 Å². The zero-order valence-electron chi connectivity index (χ0n) is 6.13. The molecule has 0 rings (SSSR count). The van der Waals surface area contributed by atoms with Crippen molar-refractivity contribution in [3.8, 4) is 0 Å². The SMILES string of the molecule is C\C=C(C)/C=C\N=N/C. The van der Waals surface area contributed by atoms with E-state index < -0.39 is 0 Å². The van der Waals surface area contributed by atoms with Crippen molar-refractivity contribution in [1.82, 2.24) is 0 Å². The number of hydrogen-bond donors (Lipinski definition) is 0. The van der Waals surface area contributed by atoms with Crippen molar-refractivity contribution in [2.24, 2.45) is 10.2 Å². The molecule has 0 atom stereocenters. The highest BCUT2D eigenvalue weighted by Crippen LogP contribution is 1.92. The van der Waals surface area contributed by atoms with Crippen LogP contribution in [0.15, 0.2) is 34.2 Å². The number of azo groups is 1. The molecule has 2 nitrogen and oxygen atoms in total. The summed E-state index contributed by atoms with van der Waals surface area (Å²) in [5, 5.41) is 7.22. The third-order valence-electron chi connectivity index (χ3n) is 0.975. The van der Waals surface area contributed by atoms with Crippen LogP contribution >= 0.6 is 0 Å². The molecule has 0 amide bonds.